The van der Waals surface area contributed by atoms with E-state index in [0.717, 1.165) is 11.0 Å². The zero-order chi connectivity index (χ0) is 13.8. The Morgan fingerprint density at radius 3 is 2.79 bits per heavy atom. The van der Waals surface area contributed by atoms with Gasteiger partial charge in [0.25, 0.3) is 0 Å². The molecule has 0 bridgehead atoms. The molecule has 1 aliphatic heterocycles. The van der Waals surface area contributed by atoms with Gasteiger partial charge in [0.1, 0.15) is 25.5 Å². The third-order valence-corrected chi connectivity index (χ3v) is 2.85. The van der Waals surface area contributed by atoms with E-state index in [1.165, 1.54) is 0 Å². The molecule has 7 heteroatoms. The van der Waals surface area contributed by atoms with E-state index in [1.807, 2.05) is 7.05 Å². The zero-order valence-electron chi connectivity index (χ0n) is 10.7. The maximum Gasteiger partial charge on any atom is 0.207 e. The van der Waals surface area contributed by atoms with Crippen LogP contribution < -0.4 is 15.4 Å². The number of hydrogen-bond donors (Lipinski definition) is 2. The second kappa shape index (κ2) is 6.16. The fraction of sp³-hybridized carbons (Fsp3) is 0.583. The van der Waals surface area contributed by atoms with Crippen LogP contribution in [0.5, 0.6) is 5.75 Å². The molecule has 2 heterocycles. The summed E-state index contributed by atoms with van der Waals surface area (Å²) in [5.74, 6) is -0.516. The van der Waals surface area contributed by atoms with Gasteiger partial charge in [-0.05, 0) is 5.75 Å². The molecule has 2 rings (SSSR count). The van der Waals surface area contributed by atoms with Crippen molar-refractivity contribution in [3.8, 4) is 5.75 Å². The first-order valence-corrected chi connectivity index (χ1v) is 6.08. The van der Waals surface area contributed by atoms with Gasteiger partial charge in [0.05, 0.1) is 20.3 Å². The minimum Gasteiger partial charge on any atom is -0.867 e. The Morgan fingerprint density at radius 1 is 1.47 bits per heavy atom. The third kappa shape index (κ3) is 3.54. The van der Waals surface area contributed by atoms with Gasteiger partial charge >= 0.3 is 0 Å². The van der Waals surface area contributed by atoms with E-state index in [1.54, 1.807) is 0 Å². The van der Waals surface area contributed by atoms with Crippen LogP contribution in [-0.2, 0) is 22.6 Å². The smallest absolute Gasteiger partial charge is 0.207 e. The van der Waals surface area contributed by atoms with Gasteiger partial charge < -0.3 is 29.0 Å². The number of hydrogen-bond acceptors (Lipinski definition) is 6. The topological polar surface area (TPSA) is 96.4 Å². The van der Waals surface area contributed by atoms with Gasteiger partial charge in [-0.2, -0.15) is 0 Å². The van der Waals surface area contributed by atoms with Crippen LogP contribution in [0, 0.1) is 0 Å². The van der Waals surface area contributed by atoms with Gasteiger partial charge in [-0.15, -0.1) is 0 Å². The van der Waals surface area contributed by atoms with E-state index in [4.69, 9.17) is 19.0 Å². The number of nitrogens with one attached hydrogen (secondary N) is 1. The predicted octanol–water partition coefficient (Wildman–Crippen LogP) is -2.41. The van der Waals surface area contributed by atoms with Crippen molar-refractivity contribution in [3.05, 3.63) is 27.8 Å². The average molecular weight is 271 g/mol. The SMILES string of the molecule is C[NH+](Cc1oc(CO)cc(=O)c1[O-])CC1OCCO1. The molecule has 106 valence electrons. The lowest BCUT2D eigenvalue weighted by Crippen LogP contribution is -3.08. The Morgan fingerprint density at radius 2 is 2.16 bits per heavy atom. The van der Waals surface area contributed by atoms with E-state index in [9.17, 15) is 9.90 Å². The van der Waals surface area contributed by atoms with Crippen LogP contribution in [0.15, 0.2) is 15.3 Å². The van der Waals surface area contributed by atoms with Gasteiger partial charge in [-0.1, -0.05) is 0 Å². The second-order valence-corrected chi connectivity index (χ2v) is 4.50. The number of aliphatic hydroxyl groups is 1. The summed E-state index contributed by atoms with van der Waals surface area (Å²) in [5.41, 5.74) is -0.661. The number of quaternary nitrogens is 1. The summed E-state index contributed by atoms with van der Waals surface area (Å²) in [6, 6.07) is 1.02. The van der Waals surface area contributed by atoms with Crippen molar-refractivity contribution in [3.63, 3.8) is 0 Å². The lowest BCUT2D eigenvalue weighted by atomic mass is 10.3. The van der Waals surface area contributed by atoms with Crippen molar-refractivity contribution in [2.45, 2.75) is 19.4 Å². The lowest BCUT2D eigenvalue weighted by Gasteiger charge is -2.19. The standard InChI is InChI=1S/C12H17NO6/c1-13(6-11-17-2-3-18-11)5-10-12(16)9(15)4-8(7-14)19-10/h4,11,14,16H,2-3,5-7H2,1H3. The Labute approximate surface area is 110 Å². The summed E-state index contributed by atoms with van der Waals surface area (Å²) in [4.78, 5) is 12.3. The molecule has 0 aliphatic carbocycles. The van der Waals surface area contributed by atoms with Crippen molar-refractivity contribution in [2.24, 2.45) is 0 Å². The minimum absolute atomic E-state index is 0.0482. The van der Waals surface area contributed by atoms with E-state index in [0.29, 0.717) is 19.8 Å². The maximum absolute atomic E-state index is 11.6. The van der Waals surface area contributed by atoms with Crippen LogP contribution in [0.25, 0.3) is 0 Å². The molecular formula is C12H17NO6. The van der Waals surface area contributed by atoms with Gasteiger partial charge in [0, 0.05) is 6.07 Å². The summed E-state index contributed by atoms with van der Waals surface area (Å²) in [6.45, 7) is 1.52. The summed E-state index contributed by atoms with van der Waals surface area (Å²) < 4.78 is 15.8. The van der Waals surface area contributed by atoms with Gasteiger partial charge in [0.15, 0.2) is 11.2 Å². The van der Waals surface area contributed by atoms with Crippen LogP contribution in [0.2, 0.25) is 0 Å². The quantitative estimate of drug-likeness (QED) is 0.619. The van der Waals surface area contributed by atoms with Crippen molar-refractivity contribution in [1.29, 1.82) is 0 Å². The fourth-order valence-electron chi connectivity index (χ4n) is 1.93. The molecule has 7 nitrogen and oxygen atoms in total. The predicted molar refractivity (Wildman–Crippen MR) is 61.5 cm³/mol. The molecule has 2 N–H and O–H groups in total. The van der Waals surface area contributed by atoms with Crippen LogP contribution in [-0.4, -0.2) is 38.2 Å². The first kappa shape index (κ1) is 14.0. The molecule has 0 spiro atoms. The summed E-state index contributed by atoms with van der Waals surface area (Å²) in [6.07, 6.45) is -0.289. The first-order valence-electron chi connectivity index (χ1n) is 6.08. The van der Waals surface area contributed by atoms with E-state index < -0.39 is 17.8 Å². The van der Waals surface area contributed by atoms with Crippen LogP contribution in [0.3, 0.4) is 0 Å². The highest BCUT2D eigenvalue weighted by Gasteiger charge is 2.21. The maximum atomic E-state index is 11.6. The molecule has 19 heavy (non-hydrogen) atoms. The lowest BCUT2D eigenvalue weighted by molar-refractivity contribution is -0.900. The Kier molecular flexibility index (Phi) is 4.54. The molecule has 1 unspecified atom stereocenters. The second-order valence-electron chi connectivity index (χ2n) is 4.50. The summed E-state index contributed by atoms with van der Waals surface area (Å²) >= 11 is 0. The van der Waals surface area contributed by atoms with Crippen molar-refractivity contribution in [2.75, 3.05) is 26.8 Å². The monoisotopic (exact) mass is 271 g/mol. The molecule has 1 atom stereocenters. The normalized spacial score (nSPS) is 17.8. The van der Waals surface area contributed by atoms with Crippen molar-refractivity contribution >= 4 is 0 Å². The number of ether oxygens (including phenoxy) is 2. The highest BCUT2D eigenvalue weighted by Crippen LogP contribution is 2.10. The molecule has 1 aromatic heterocycles. The van der Waals surface area contributed by atoms with E-state index in [-0.39, 0.29) is 24.4 Å². The molecule has 0 amide bonds. The molecule has 1 saturated heterocycles. The first-order chi connectivity index (χ1) is 9.10. The Balaban J connectivity index is 2.04. The van der Waals surface area contributed by atoms with Crippen LogP contribution in [0.1, 0.15) is 11.5 Å². The highest BCUT2D eigenvalue weighted by atomic mass is 16.7. The van der Waals surface area contributed by atoms with Crippen LogP contribution in [0.4, 0.5) is 0 Å². The largest absolute Gasteiger partial charge is 0.867 e. The molecule has 1 aromatic rings. The van der Waals surface area contributed by atoms with Gasteiger partial charge in [0.2, 0.25) is 6.29 Å². The number of rotatable bonds is 5. The fourth-order valence-corrected chi connectivity index (χ4v) is 1.93. The average Bonchev–Trinajstić information content (AvgIpc) is 2.87. The zero-order valence-corrected chi connectivity index (χ0v) is 10.7. The summed E-state index contributed by atoms with van der Waals surface area (Å²) in [5, 5.41) is 20.6. The van der Waals surface area contributed by atoms with Gasteiger partial charge in [-0.3, -0.25) is 4.79 Å². The molecule has 0 radical (unpaired) electrons. The van der Waals surface area contributed by atoms with Crippen molar-refractivity contribution < 1.29 is 29.0 Å². The van der Waals surface area contributed by atoms with Gasteiger partial charge in [-0.25, -0.2) is 0 Å². The third-order valence-electron chi connectivity index (χ3n) is 2.85. The van der Waals surface area contributed by atoms with E-state index >= 15 is 0 Å². The minimum atomic E-state index is -0.662. The highest BCUT2D eigenvalue weighted by molar-refractivity contribution is 5.22. The number of likely N-dealkylation sites (N-methyl/N-ethyl adjacent to an activating group) is 1. The molecule has 1 aliphatic rings. The number of aliphatic hydroxyl groups excluding tert-OH is 1. The molecule has 0 aromatic carbocycles. The molecule has 0 saturated carbocycles. The Bertz CT molecular complexity index is 480. The Hall–Kier alpha value is -1.41. The molecular weight excluding hydrogens is 254 g/mol. The van der Waals surface area contributed by atoms with E-state index in [2.05, 4.69) is 0 Å². The van der Waals surface area contributed by atoms with Crippen molar-refractivity contribution in [1.82, 2.24) is 0 Å². The summed E-state index contributed by atoms with van der Waals surface area (Å²) in [7, 11) is 1.84. The van der Waals surface area contributed by atoms with Crippen LogP contribution >= 0.6 is 0 Å². The molecule has 1 fully saturated rings.